The predicted octanol–water partition coefficient (Wildman–Crippen LogP) is 2.07. The van der Waals surface area contributed by atoms with Crippen molar-refractivity contribution in [3.05, 3.63) is 36.4 Å². The van der Waals surface area contributed by atoms with Crippen LogP contribution in [-0.4, -0.2) is 99.0 Å². The average Bonchev–Trinajstić information content (AvgIpc) is 3.23. The summed E-state index contributed by atoms with van der Waals surface area (Å²) < 4.78 is 21.4. The van der Waals surface area contributed by atoms with E-state index in [4.69, 9.17) is 30.4 Å². The molecule has 6 amide bonds. The van der Waals surface area contributed by atoms with Crippen molar-refractivity contribution >= 4 is 58.2 Å². The van der Waals surface area contributed by atoms with Gasteiger partial charge in [0, 0.05) is 25.7 Å². The number of carbonyl (C=O) groups excluding carboxylic acids is 8. The van der Waals surface area contributed by atoms with E-state index in [9.17, 15) is 38.4 Å². The van der Waals surface area contributed by atoms with Crippen LogP contribution in [0.25, 0.3) is 10.8 Å². The van der Waals surface area contributed by atoms with Crippen LogP contribution in [0, 0.1) is 11.8 Å². The molecule has 18 nitrogen and oxygen atoms in total. The zero-order chi connectivity index (χ0) is 44.8. The van der Waals surface area contributed by atoms with Gasteiger partial charge in [-0.25, -0.2) is 9.59 Å². The van der Waals surface area contributed by atoms with Crippen molar-refractivity contribution < 1.29 is 57.3 Å². The van der Waals surface area contributed by atoms with Gasteiger partial charge in [-0.15, -0.1) is 0 Å². The minimum Gasteiger partial charge on any atom is -0.494 e. The van der Waals surface area contributed by atoms with Gasteiger partial charge < -0.3 is 51.7 Å². The first kappa shape index (κ1) is 50.2. The number of rotatable bonds is 28. The van der Waals surface area contributed by atoms with Crippen LogP contribution in [0.15, 0.2) is 36.4 Å². The number of hydrogen-bond acceptors (Lipinski definition) is 12. The summed E-state index contributed by atoms with van der Waals surface area (Å²) >= 11 is 0. The highest BCUT2D eigenvalue weighted by Crippen LogP contribution is 2.25. The van der Waals surface area contributed by atoms with Gasteiger partial charge in [-0.2, -0.15) is 0 Å². The largest absolute Gasteiger partial charge is 0.494 e. The maximum absolute atomic E-state index is 13.1. The van der Waals surface area contributed by atoms with Gasteiger partial charge in [-0.05, 0) is 72.6 Å². The molecule has 0 bridgehead atoms. The second kappa shape index (κ2) is 26.2. The number of primary amides is 2. The Hall–Kier alpha value is -5.94. The summed E-state index contributed by atoms with van der Waals surface area (Å²) in [6.07, 6.45) is 1.44. The predicted molar refractivity (Wildman–Crippen MR) is 221 cm³/mol. The van der Waals surface area contributed by atoms with Gasteiger partial charge in [-0.3, -0.25) is 28.8 Å². The van der Waals surface area contributed by atoms with Crippen LogP contribution in [-0.2, 0) is 47.8 Å². The topological polar surface area (TPSA) is 274 Å². The second-order valence-corrected chi connectivity index (χ2v) is 14.6. The zero-order valence-electron chi connectivity index (χ0n) is 35.5. The number of ether oxygens (including phenoxy) is 4. The van der Waals surface area contributed by atoms with E-state index in [0.29, 0.717) is 37.2 Å². The molecule has 0 spiro atoms. The molecule has 18 heteroatoms. The van der Waals surface area contributed by atoms with E-state index in [2.05, 4.69) is 21.3 Å². The monoisotopic (exact) mass is 842 g/mol. The highest BCUT2D eigenvalue weighted by Gasteiger charge is 2.32. The fourth-order valence-electron chi connectivity index (χ4n) is 5.97. The molecule has 6 atom stereocenters. The smallest absolute Gasteiger partial charge is 0.328 e. The maximum atomic E-state index is 13.1. The van der Waals surface area contributed by atoms with Crippen molar-refractivity contribution in [1.82, 2.24) is 21.3 Å². The van der Waals surface area contributed by atoms with Crippen molar-refractivity contribution in [3.63, 3.8) is 0 Å². The van der Waals surface area contributed by atoms with Crippen LogP contribution in [0.4, 0.5) is 0 Å². The van der Waals surface area contributed by atoms with Crippen LogP contribution < -0.4 is 42.2 Å². The van der Waals surface area contributed by atoms with Gasteiger partial charge >= 0.3 is 11.9 Å². The van der Waals surface area contributed by atoms with Crippen LogP contribution >= 0.6 is 0 Å². The Kier molecular flexibility index (Phi) is 21.9. The first-order valence-electron chi connectivity index (χ1n) is 20.2. The summed E-state index contributed by atoms with van der Waals surface area (Å²) in [5.41, 5.74) is 10.6. The number of carbonyl (C=O) groups is 8. The van der Waals surface area contributed by atoms with Gasteiger partial charge in [0.25, 0.3) is 0 Å². The summed E-state index contributed by atoms with van der Waals surface area (Å²) in [5.74, 6) is -4.03. The van der Waals surface area contributed by atoms with Crippen LogP contribution in [0.3, 0.4) is 0 Å². The molecule has 0 aliphatic heterocycles. The standard InChI is InChI=1S/C42H62N6O12/c1-7-25(3)37(41(55)57-5)47-39(53)31(17-19-33(43)49)45-35(51)11-9-21-59-29-15-13-27-14-16-30(24-28(27)23-29)60-22-10-12-36(52)46-32(18-20-34(44)50)40(54)48-38(26(4)8-2)42(56)58-6/h13-16,23-26,31-32,37-38H,7-12,17-22H2,1-6H3,(H2,43,49)(H2,44,50)(H,45,51)(H,46,52)(H,47,53)(H,48,54)/t25-,26-,31?,32?,37-,38-/m0/s1. The molecular formula is C42H62N6O12. The number of methoxy groups -OCH3 is 2. The Morgan fingerprint density at radius 1 is 0.567 bits per heavy atom. The number of benzene rings is 2. The van der Waals surface area contributed by atoms with Crippen molar-refractivity contribution in [2.24, 2.45) is 23.3 Å². The van der Waals surface area contributed by atoms with Gasteiger partial charge in [-0.1, -0.05) is 52.7 Å². The molecule has 2 aromatic rings. The first-order valence-corrected chi connectivity index (χ1v) is 20.2. The minimum absolute atomic E-state index is 0.0189. The lowest BCUT2D eigenvalue weighted by Crippen LogP contribution is -2.53. The van der Waals surface area contributed by atoms with Gasteiger partial charge in [0.2, 0.25) is 35.4 Å². The summed E-state index contributed by atoms with van der Waals surface area (Å²) in [6, 6.07) is 6.92. The van der Waals surface area contributed by atoms with Crippen molar-refractivity contribution in [3.8, 4) is 11.5 Å². The van der Waals surface area contributed by atoms with Gasteiger partial charge in [0.1, 0.15) is 35.7 Å². The Labute approximate surface area is 350 Å². The molecule has 2 unspecified atom stereocenters. The number of nitrogens with one attached hydrogen (secondary N) is 4. The lowest BCUT2D eigenvalue weighted by atomic mass is 9.98. The molecule has 8 N–H and O–H groups in total. The number of fused-ring (bicyclic) bond motifs is 1. The van der Waals surface area contributed by atoms with E-state index in [-0.39, 0.29) is 63.6 Å². The minimum atomic E-state index is -1.09. The van der Waals surface area contributed by atoms with E-state index in [1.54, 1.807) is 26.0 Å². The fraction of sp³-hybridized carbons (Fsp3) is 0.571. The SMILES string of the molecule is CC[C@H](C)[C@H](NC(=O)C(CCC(N)=O)NC(=O)CCCOc1ccc2ccc(OCCCC(=O)NC(CCC(N)=O)C(=O)N[C@H](C(=O)OC)[C@@H](C)CC)cc2c1)C(=O)OC. The Morgan fingerprint density at radius 3 is 1.28 bits per heavy atom. The zero-order valence-corrected chi connectivity index (χ0v) is 35.5. The molecule has 60 heavy (non-hydrogen) atoms. The summed E-state index contributed by atoms with van der Waals surface area (Å²) in [4.78, 5) is 99.3. The molecule has 0 fully saturated rings. The summed E-state index contributed by atoms with van der Waals surface area (Å²) in [6.45, 7) is 7.66. The van der Waals surface area contributed by atoms with Crippen LogP contribution in [0.5, 0.6) is 11.5 Å². The molecule has 2 aromatic carbocycles. The van der Waals surface area contributed by atoms with Crippen molar-refractivity contribution in [2.45, 2.75) is 116 Å². The van der Waals surface area contributed by atoms with E-state index in [1.807, 2.05) is 38.1 Å². The third-order valence-corrected chi connectivity index (χ3v) is 10.0. The Bertz CT molecular complexity index is 1670. The maximum Gasteiger partial charge on any atom is 0.328 e. The van der Waals surface area contributed by atoms with Gasteiger partial charge in [0.15, 0.2) is 0 Å². The lowest BCUT2D eigenvalue weighted by molar-refractivity contribution is -0.147. The quantitative estimate of drug-likeness (QED) is 0.0531. The first-order chi connectivity index (χ1) is 28.5. The van der Waals surface area contributed by atoms with Crippen LogP contribution in [0.2, 0.25) is 0 Å². The van der Waals surface area contributed by atoms with Crippen LogP contribution in [0.1, 0.15) is 91.9 Å². The Morgan fingerprint density at radius 2 is 0.950 bits per heavy atom. The molecule has 0 radical (unpaired) electrons. The molecule has 332 valence electrons. The highest BCUT2D eigenvalue weighted by atomic mass is 16.5. The molecule has 0 aliphatic rings. The normalized spacial score (nSPS) is 13.9. The third-order valence-electron chi connectivity index (χ3n) is 10.0. The molecule has 2 rings (SSSR count). The Balaban J connectivity index is 1.92. The van der Waals surface area contributed by atoms with Crippen molar-refractivity contribution in [2.75, 3.05) is 27.4 Å². The second-order valence-electron chi connectivity index (χ2n) is 14.6. The number of hydrogen-bond donors (Lipinski definition) is 6. The highest BCUT2D eigenvalue weighted by molar-refractivity contribution is 5.92. The van der Waals surface area contributed by atoms with E-state index in [0.717, 1.165) is 10.8 Å². The molecule has 0 saturated heterocycles. The average molecular weight is 843 g/mol. The summed E-state index contributed by atoms with van der Waals surface area (Å²) in [7, 11) is 2.44. The van der Waals surface area contributed by atoms with E-state index < -0.39 is 71.5 Å². The van der Waals surface area contributed by atoms with Crippen molar-refractivity contribution in [1.29, 1.82) is 0 Å². The number of esters is 2. The number of nitrogens with two attached hydrogens (primary N) is 2. The summed E-state index contributed by atoms with van der Waals surface area (Å²) in [5, 5.41) is 12.3. The number of amides is 6. The molecule has 0 heterocycles. The van der Waals surface area contributed by atoms with E-state index >= 15 is 0 Å². The molecule has 0 aliphatic carbocycles. The fourth-order valence-corrected chi connectivity index (χ4v) is 5.97. The molecular weight excluding hydrogens is 780 g/mol. The molecule has 0 aromatic heterocycles. The third kappa shape index (κ3) is 17.5. The van der Waals surface area contributed by atoms with Gasteiger partial charge in [0.05, 0.1) is 27.4 Å². The lowest BCUT2D eigenvalue weighted by Gasteiger charge is -2.25. The molecule has 0 saturated carbocycles. The van der Waals surface area contributed by atoms with E-state index in [1.165, 1.54) is 14.2 Å².